The number of nitro groups is 1. The van der Waals surface area contributed by atoms with Crippen LogP contribution in [0.3, 0.4) is 0 Å². The van der Waals surface area contributed by atoms with Crippen LogP contribution in [0.4, 0.5) is 24.7 Å². The number of nitro benzene ring substituents is 1. The molecule has 0 aliphatic heterocycles. The molecule has 0 saturated heterocycles. The van der Waals surface area contributed by atoms with Gasteiger partial charge in [0.2, 0.25) is 5.91 Å². The fraction of sp³-hybridized carbons (Fsp3) is 0.143. The highest BCUT2D eigenvalue weighted by molar-refractivity contribution is 6.33. The highest BCUT2D eigenvalue weighted by atomic mass is 35.5. The van der Waals surface area contributed by atoms with Gasteiger partial charge < -0.3 is 5.32 Å². The smallest absolute Gasteiger partial charge is 0.309 e. The third-order valence-electron chi connectivity index (χ3n) is 2.94. The largest absolute Gasteiger partial charge is 0.417 e. The first-order valence-corrected chi connectivity index (χ1v) is 6.80. The van der Waals surface area contributed by atoms with Gasteiger partial charge in [-0.05, 0) is 11.6 Å². The number of nitrogens with zero attached hydrogens (tertiary/aromatic N) is 2. The number of anilines is 1. The fourth-order valence-corrected chi connectivity index (χ4v) is 2.00. The molecule has 126 valence electrons. The Morgan fingerprint density at radius 3 is 2.42 bits per heavy atom. The van der Waals surface area contributed by atoms with Gasteiger partial charge in [0.15, 0.2) is 5.82 Å². The SMILES string of the molecule is O=C(Cc1ccc([N+](=O)[O-])cc1)Nc1ncc(C(F)(F)F)cc1Cl. The van der Waals surface area contributed by atoms with Gasteiger partial charge in [-0.25, -0.2) is 4.98 Å². The number of carbonyl (C=O) groups is 1. The lowest BCUT2D eigenvalue weighted by Crippen LogP contribution is -2.16. The second-order valence-electron chi connectivity index (χ2n) is 4.70. The highest BCUT2D eigenvalue weighted by Gasteiger charge is 2.31. The Balaban J connectivity index is 2.05. The van der Waals surface area contributed by atoms with Crippen LogP contribution in [0.1, 0.15) is 11.1 Å². The van der Waals surface area contributed by atoms with Crippen LogP contribution in [-0.4, -0.2) is 15.8 Å². The van der Waals surface area contributed by atoms with Gasteiger partial charge in [0.1, 0.15) is 0 Å². The summed E-state index contributed by atoms with van der Waals surface area (Å²) in [6.07, 6.45) is -4.16. The van der Waals surface area contributed by atoms with E-state index >= 15 is 0 Å². The summed E-state index contributed by atoms with van der Waals surface area (Å²) in [6, 6.07) is 5.95. The molecule has 6 nitrogen and oxygen atoms in total. The Morgan fingerprint density at radius 1 is 1.29 bits per heavy atom. The number of aromatic nitrogens is 1. The first-order valence-electron chi connectivity index (χ1n) is 6.43. The lowest BCUT2D eigenvalue weighted by atomic mass is 10.1. The maximum Gasteiger partial charge on any atom is 0.417 e. The van der Waals surface area contributed by atoms with Gasteiger partial charge in [0.05, 0.1) is 21.9 Å². The predicted molar refractivity (Wildman–Crippen MR) is 79.7 cm³/mol. The fourth-order valence-electron chi connectivity index (χ4n) is 1.78. The minimum Gasteiger partial charge on any atom is -0.309 e. The molecule has 0 aliphatic rings. The molecule has 0 unspecified atom stereocenters. The first kappa shape index (κ1) is 17.7. The summed E-state index contributed by atoms with van der Waals surface area (Å²) in [5.74, 6) is -0.769. The van der Waals surface area contributed by atoms with Gasteiger partial charge >= 0.3 is 6.18 Å². The topological polar surface area (TPSA) is 85.1 Å². The zero-order valence-electron chi connectivity index (χ0n) is 11.8. The molecule has 1 aromatic carbocycles. The summed E-state index contributed by atoms with van der Waals surface area (Å²) in [5, 5.41) is 12.5. The molecule has 2 rings (SSSR count). The van der Waals surface area contributed by atoms with Crippen LogP contribution in [0.2, 0.25) is 5.02 Å². The zero-order chi connectivity index (χ0) is 17.9. The molecule has 2 aromatic rings. The summed E-state index contributed by atoms with van der Waals surface area (Å²) in [5.41, 5.74) is -0.659. The van der Waals surface area contributed by atoms with Crippen molar-refractivity contribution in [2.45, 2.75) is 12.6 Å². The third-order valence-corrected chi connectivity index (χ3v) is 3.23. The van der Waals surface area contributed by atoms with Crippen molar-refractivity contribution in [2.24, 2.45) is 0 Å². The van der Waals surface area contributed by atoms with Crippen LogP contribution in [0, 0.1) is 10.1 Å². The maximum absolute atomic E-state index is 12.5. The number of pyridine rings is 1. The van der Waals surface area contributed by atoms with Crippen molar-refractivity contribution in [3.8, 4) is 0 Å². The molecule has 0 atom stereocenters. The number of benzene rings is 1. The normalized spacial score (nSPS) is 11.2. The van der Waals surface area contributed by atoms with Crippen molar-refractivity contribution in [3.05, 3.63) is 62.8 Å². The molecule has 10 heteroatoms. The molecule has 0 radical (unpaired) electrons. The van der Waals surface area contributed by atoms with Crippen molar-refractivity contribution in [3.63, 3.8) is 0 Å². The molecule has 1 amide bonds. The maximum atomic E-state index is 12.5. The Kier molecular flexibility index (Phi) is 5.03. The minimum absolute atomic E-state index is 0.119. The molecule has 0 fully saturated rings. The van der Waals surface area contributed by atoms with Crippen LogP contribution in [-0.2, 0) is 17.4 Å². The van der Waals surface area contributed by atoms with Crippen LogP contribution in [0.15, 0.2) is 36.5 Å². The molecule has 1 N–H and O–H groups in total. The second kappa shape index (κ2) is 6.83. The third kappa shape index (κ3) is 4.42. The molecular weight excluding hydrogens is 351 g/mol. The monoisotopic (exact) mass is 359 g/mol. The number of non-ortho nitro benzene ring substituents is 1. The average molecular weight is 360 g/mol. The number of rotatable bonds is 4. The van der Waals surface area contributed by atoms with E-state index in [0.717, 1.165) is 0 Å². The molecular formula is C14H9ClF3N3O3. The standard InChI is InChI=1S/C14H9ClF3N3O3/c15-11-6-9(14(16,17)18)7-19-13(11)20-12(22)5-8-1-3-10(4-2-8)21(23)24/h1-4,6-7H,5H2,(H,19,20,22). The first-order chi connectivity index (χ1) is 11.2. The van der Waals surface area contributed by atoms with Crippen LogP contribution >= 0.6 is 11.6 Å². The van der Waals surface area contributed by atoms with Crippen molar-refractivity contribution in [1.82, 2.24) is 4.98 Å². The Morgan fingerprint density at radius 2 is 1.92 bits per heavy atom. The molecule has 1 heterocycles. The van der Waals surface area contributed by atoms with Gasteiger partial charge in [-0.15, -0.1) is 0 Å². The zero-order valence-corrected chi connectivity index (χ0v) is 12.6. The van der Waals surface area contributed by atoms with Crippen LogP contribution in [0.25, 0.3) is 0 Å². The summed E-state index contributed by atoms with van der Waals surface area (Å²) >= 11 is 5.69. The summed E-state index contributed by atoms with van der Waals surface area (Å²) in [7, 11) is 0. The van der Waals surface area contributed by atoms with Crippen molar-refractivity contribution < 1.29 is 22.9 Å². The number of halogens is 4. The van der Waals surface area contributed by atoms with E-state index in [1.54, 1.807) is 0 Å². The minimum atomic E-state index is -4.59. The quantitative estimate of drug-likeness (QED) is 0.663. The van der Waals surface area contributed by atoms with E-state index in [0.29, 0.717) is 17.8 Å². The van der Waals surface area contributed by atoms with Crippen molar-refractivity contribution in [1.29, 1.82) is 0 Å². The average Bonchev–Trinajstić information content (AvgIpc) is 2.48. The number of hydrogen-bond donors (Lipinski definition) is 1. The van der Waals surface area contributed by atoms with E-state index < -0.39 is 22.6 Å². The lowest BCUT2D eigenvalue weighted by Gasteiger charge is -2.10. The number of nitrogens with one attached hydrogen (secondary N) is 1. The predicted octanol–water partition coefficient (Wildman–Crippen LogP) is 3.84. The van der Waals surface area contributed by atoms with Crippen LogP contribution in [0.5, 0.6) is 0 Å². The number of amides is 1. The van der Waals surface area contributed by atoms with E-state index in [1.807, 2.05) is 0 Å². The Labute approximate surface area is 138 Å². The van der Waals surface area contributed by atoms with Gasteiger partial charge in [-0.3, -0.25) is 14.9 Å². The second-order valence-corrected chi connectivity index (χ2v) is 5.11. The number of carbonyl (C=O) groups excluding carboxylic acids is 1. The van der Waals surface area contributed by atoms with E-state index in [2.05, 4.69) is 10.3 Å². The van der Waals surface area contributed by atoms with Gasteiger partial charge in [-0.2, -0.15) is 13.2 Å². The number of hydrogen-bond acceptors (Lipinski definition) is 4. The van der Waals surface area contributed by atoms with E-state index in [1.165, 1.54) is 24.3 Å². The molecule has 0 aliphatic carbocycles. The van der Waals surface area contributed by atoms with Gasteiger partial charge in [-0.1, -0.05) is 23.7 Å². The van der Waals surface area contributed by atoms with E-state index in [9.17, 15) is 28.1 Å². The Bertz CT molecular complexity index is 779. The molecule has 0 spiro atoms. The molecule has 0 bridgehead atoms. The highest BCUT2D eigenvalue weighted by Crippen LogP contribution is 2.32. The number of alkyl halides is 3. The molecule has 0 saturated carbocycles. The van der Waals surface area contributed by atoms with Crippen molar-refractivity contribution >= 4 is 29.0 Å². The summed E-state index contributed by atoms with van der Waals surface area (Å²) in [4.78, 5) is 25.3. The van der Waals surface area contributed by atoms with Crippen LogP contribution < -0.4 is 5.32 Å². The molecule has 24 heavy (non-hydrogen) atoms. The van der Waals surface area contributed by atoms with E-state index in [-0.39, 0.29) is 22.9 Å². The summed E-state index contributed by atoms with van der Waals surface area (Å²) < 4.78 is 37.5. The van der Waals surface area contributed by atoms with E-state index in [4.69, 9.17) is 11.6 Å². The molecule has 1 aromatic heterocycles. The Hall–Kier alpha value is -2.68. The van der Waals surface area contributed by atoms with Gasteiger partial charge in [0.25, 0.3) is 5.69 Å². The van der Waals surface area contributed by atoms with Gasteiger partial charge in [0, 0.05) is 18.3 Å². The lowest BCUT2D eigenvalue weighted by molar-refractivity contribution is -0.384. The summed E-state index contributed by atoms with van der Waals surface area (Å²) in [6.45, 7) is 0. The van der Waals surface area contributed by atoms with Crippen molar-refractivity contribution in [2.75, 3.05) is 5.32 Å².